The molecule has 0 aliphatic rings. The summed E-state index contributed by atoms with van der Waals surface area (Å²) in [6, 6.07) is -0.206. The normalized spacial score (nSPS) is 12.6. The van der Waals surface area contributed by atoms with Crippen molar-refractivity contribution >= 4 is 11.6 Å². The van der Waals surface area contributed by atoms with Gasteiger partial charge in [0.25, 0.3) is 0 Å². The van der Waals surface area contributed by atoms with Gasteiger partial charge >= 0.3 is 0 Å². The number of carbonyl (C=O) groups is 2. The first-order valence-electron chi connectivity index (χ1n) is 5.26. The summed E-state index contributed by atoms with van der Waals surface area (Å²) in [5, 5.41) is 0. The Hall–Kier alpha value is -1.17. The molecule has 0 saturated heterocycles. The first kappa shape index (κ1) is 13.8. The predicted molar refractivity (Wildman–Crippen MR) is 59.3 cm³/mol. The lowest BCUT2D eigenvalue weighted by atomic mass is 9.89. The Bertz CT molecular complexity index is 262. The van der Waals surface area contributed by atoms with Gasteiger partial charge in [0.15, 0.2) is 0 Å². The van der Waals surface area contributed by atoms with Gasteiger partial charge in [0.1, 0.15) is 11.6 Å². The van der Waals surface area contributed by atoms with Crippen molar-refractivity contribution < 1.29 is 9.59 Å². The van der Waals surface area contributed by atoms with Crippen molar-refractivity contribution in [2.24, 2.45) is 11.8 Å². The molecule has 0 aromatic heterocycles. The van der Waals surface area contributed by atoms with Crippen molar-refractivity contribution in [1.29, 1.82) is 0 Å². The van der Waals surface area contributed by atoms with E-state index in [9.17, 15) is 9.59 Å². The van der Waals surface area contributed by atoms with E-state index in [0.717, 1.165) is 6.42 Å². The summed E-state index contributed by atoms with van der Waals surface area (Å²) in [4.78, 5) is 25.9. The lowest BCUT2D eigenvalue weighted by Gasteiger charge is -2.13. The Kier molecular flexibility index (Phi) is 5.84. The molecular weight excluding hydrogens is 190 g/mol. The van der Waals surface area contributed by atoms with Gasteiger partial charge in [0, 0.05) is 12.8 Å². The van der Waals surface area contributed by atoms with Crippen LogP contribution in [0, 0.1) is 18.4 Å². The van der Waals surface area contributed by atoms with Crippen LogP contribution in [0.2, 0.25) is 0 Å². The second kappa shape index (κ2) is 6.34. The Labute approximate surface area is 91.7 Å². The zero-order chi connectivity index (χ0) is 12.0. The Morgan fingerprint density at radius 2 is 1.60 bits per heavy atom. The molecule has 0 bridgehead atoms. The highest BCUT2D eigenvalue weighted by molar-refractivity contribution is 6.00. The van der Waals surface area contributed by atoms with Gasteiger partial charge in [-0.25, -0.2) is 6.57 Å². The van der Waals surface area contributed by atoms with Crippen LogP contribution in [-0.2, 0) is 9.59 Å². The van der Waals surface area contributed by atoms with Crippen molar-refractivity contribution in [3.63, 3.8) is 0 Å². The largest absolute Gasteiger partial charge is 0.314 e. The van der Waals surface area contributed by atoms with Crippen LogP contribution in [0.1, 0.15) is 40.5 Å². The summed E-state index contributed by atoms with van der Waals surface area (Å²) in [7, 11) is 0. The van der Waals surface area contributed by atoms with Crippen LogP contribution in [0.5, 0.6) is 0 Å². The molecule has 0 aromatic rings. The van der Waals surface area contributed by atoms with Crippen molar-refractivity contribution in [2.75, 3.05) is 0 Å². The van der Waals surface area contributed by atoms with Crippen molar-refractivity contribution in [1.82, 2.24) is 0 Å². The fraction of sp³-hybridized carbons (Fsp3) is 0.750. The van der Waals surface area contributed by atoms with Gasteiger partial charge in [-0.1, -0.05) is 13.8 Å². The summed E-state index contributed by atoms with van der Waals surface area (Å²) in [5.74, 6) is -0.411. The van der Waals surface area contributed by atoms with E-state index in [1.807, 2.05) is 13.8 Å². The molecule has 0 fully saturated rings. The monoisotopic (exact) mass is 209 g/mol. The number of hydrogen-bond acceptors (Lipinski definition) is 2. The average molecular weight is 209 g/mol. The number of carbonyl (C=O) groups excluding carboxylic acids is 2. The zero-order valence-electron chi connectivity index (χ0n) is 9.91. The smallest absolute Gasteiger partial charge is 0.225 e. The van der Waals surface area contributed by atoms with Crippen LogP contribution in [0.4, 0.5) is 0 Å². The number of rotatable bonds is 6. The van der Waals surface area contributed by atoms with Crippen LogP contribution >= 0.6 is 0 Å². The molecule has 0 saturated carbocycles. The van der Waals surface area contributed by atoms with Gasteiger partial charge in [0.2, 0.25) is 6.04 Å². The SMILES string of the molecule is [C-]#[N+]C(CC(C)C)CC(C(C)=O)C(C)=O. The fourth-order valence-corrected chi connectivity index (χ4v) is 1.64. The van der Waals surface area contributed by atoms with Crippen LogP contribution in [0.15, 0.2) is 0 Å². The minimum Gasteiger partial charge on any atom is -0.314 e. The Morgan fingerprint density at radius 1 is 1.13 bits per heavy atom. The quantitative estimate of drug-likeness (QED) is 0.498. The third kappa shape index (κ3) is 5.31. The molecule has 0 radical (unpaired) electrons. The predicted octanol–water partition coefficient (Wildman–Crippen LogP) is 2.50. The highest BCUT2D eigenvalue weighted by Gasteiger charge is 2.27. The van der Waals surface area contributed by atoms with E-state index in [-0.39, 0.29) is 17.6 Å². The van der Waals surface area contributed by atoms with E-state index in [1.54, 1.807) is 0 Å². The van der Waals surface area contributed by atoms with Crippen molar-refractivity contribution in [2.45, 2.75) is 46.6 Å². The summed E-state index contributed by atoms with van der Waals surface area (Å²) >= 11 is 0. The third-order valence-electron chi connectivity index (χ3n) is 2.42. The fourth-order valence-electron chi connectivity index (χ4n) is 1.64. The molecule has 0 aliphatic heterocycles. The second-order valence-corrected chi connectivity index (χ2v) is 4.42. The first-order chi connectivity index (χ1) is 6.88. The molecule has 0 aliphatic carbocycles. The number of hydrogen-bond donors (Lipinski definition) is 0. The summed E-state index contributed by atoms with van der Waals surface area (Å²) in [5.41, 5.74) is 0. The summed E-state index contributed by atoms with van der Waals surface area (Å²) < 4.78 is 0. The van der Waals surface area contributed by atoms with Crippen LogP contribution in [-0.4, -0.2) is 17.6 Å². The minimum atomic E-state index is -0.581. The number of nitrogens with zero attached hydrogens (tertiary/aromatic N) is 1. The summed E-state index contributed by atoms with van der Waals surface area (Å²) in [6.07, 6.45) is 1.13. The van der Waals surface area contributed by atoms with E-state index < -0.39 is 5.92 Å². The Morgan fingerprint density at radius 3 is 1.87 bits per heavy atom. The van der Waals surface area contributed by atoms with Crippen LogP contribution in [0.3, 0.4) is 0 Å². The van der Waals surface area contributed by atoms with Gasteiger partial charge in [-0.15, -0.1) is 0 Å². The molecule has 3 heteroatoms. The molecule has 0 aromatic carbocycles. The van der Waals surface area contributed by atoms with Crippen molar-refractivity contribution in [3.05, 3.63) is 11.4 Å². The van der Waals surface area contributed by atoms with Gasteiger partial charge in [0.05, 0.1) is 5.92 Å². The van der Waals surface area contributed by atoms with Gasteiger partial charge in [-0.3, -0.25) is 9.59 Å². The van der Waals surface area contributed by atoms with E-state index in [0.29, 0.717) is 12.3 Å². The zero-order valence-corrected chi connectivity index (χ0v) is 9.91. The molecule has 3 nitrogen and oxygen atoms in total. The van der Waals surface area contributed by atoms with Gasteiger partial charge in [-0.05, 0) is 19.8 Å². The molecule has 84 valence electrons. The highest BCUT2D eigenvalue weighted by atomic mass is 16.1. The topological polar surface area (TPSA) is 38.5 Å². The second-order valence-electron chi connectivity index (χ2n) is 4.42. The molecule has 0 heterocycles. The van der Waals surface area contributed by atoms with Crippen molar-refractivity contribution in [3.8, 4) is 0 Å². The maximum atomic E-state index is 11.2. The van der Waals surface area contributed by atoms with E-state index in [2.05, 4.69) is 4.85 Å². The minimum absolute atomic E-state index is 0.125. The maximum absolute atomic E-state index is 11.2. The molecule has 0 amide bonds. The Balaban J connectivity index is 4.44. The average Bonchev–Trinajstić information content (AvgIpc) is 2.10. The molecule has 1 atom stereocenters. The van der Waals surface area contributed by atoms with Gasteiger partial charge in [-0.2, -0.15) is 0 Å². The molecule has 15 heavy (non-hydrogen) atoms. The number of Topliss-reactive ketones (excluding diaryl/α,β-unsaturated/α-hetero) is 2. The molecule has 0 rings (SSSR count). The molecule has 0 spiro atoms. The first-order valence-corrected chi connectivity index (χ1v) is 5.26. The van der Waals surface area contributed by atoms with E-state index in [4.69, 9.17) is 6.57 Å². The van der Waals surface area contributed by atoms with E-state index in [1.165, 1.54) is 13.8 Å². The van der Waals surface area contributed by atoms with Gasteiger partial charge < -0.3 is 4.85 Å². The van der Waals surface area contributed by atoms with Crippen LogP contribution in [0.25, 0.3) is 4.85 Å². The molecule has 0 N–H and O–H groups in total. The molecular formula is C12H19NO2. The maximum Gasteiger partial charge on any atom is 0.225 e. The summed E-state index contributed by atoms with van der Waals surface area (Å²) in [6.45, 7) is 13.9. The highest BCUT2D eigenvalue weighted by Crippen LogP contribution is 2.18. The molecule has 1 unspecified atom stereocenters. The lowest BCUT2D eigenvalue weighted by Crippen LogP contribution is -2.24. The van der Waals surface area contributed by atoms with Crippen LogP contribution < -0.4 is 0 Å². The lowest BCUT2D eigenvalue weighted by molar-refractivity contribution is -0.130. The van der Waals surface area contributed by atoms with E-state index >= 15 is 0 Å². The number of ketones is 2. The third-order valence-corrected chi connectivity index (χ3v) is 2.42. The standard InChI is InChI=1S/C12H19NO2/c1-8(2)6-11(13-5)7-12(9(3)14)10(4)15/h8,11-12H,6-7H2,1-4H3.